The minimum absolute atomic E-state index is 0.161. The van der Waals surface area contributed by atoms with Crippen LogP contribution in [0, 0.1) is 0 Å². The number of aliphatic hydroxyl groups excluding tert-OH is 1. The minimum atomic E-state index is 0.161. The zero-order chi connectivity index (χ0) is 13.9. The van der Waals surface area contributed by atoms with Crippen molar-refractivity contribution in [1.29, 1.82) is 0 Å². The van der Waals surface area contributed by atoms with Crippen LogP contribution in [0.15, 0.2) is 40.6 Å². The van der Waals surface area contributed by atoms with Crippen LogP contribution in [0.1, 0.15) is 25.5 Å². The Bertz CT molecular complexity index is 360. The van der Waals surface area contributed by atoms with Gasteiger partial charge in [-0.3, -0.25) is 0 Å². The van der Waals surface area contributed by atoms with E-state index in [0.717, 1.165) is 11.5 Å². The van der Waals surface area contributed by atoms with Gasteiger partial charge < -0.3 is 10.4 Å². The van der Waals surface area contributed by atoms with E-state index in [0.29, 0.717) is 6.54 Å². The zero-order valence-corrected chi connectivity index (χ0v) is 13.3. The molecule has 2 N–H and O–H groups in total. The topological polar surface area (TPSA) is 32.3 Å². The van der Waals surface area contributed by atoms with Gasteiger partial charge in [-0.15, -0.1) is 23.5 Å². The van der Waals surface area contributed by atoms with E-state index < -0.39 is 0 Å². The predicted octanol–water partition coefficient (Wildman–Crippen LogP) is 3.66. The Hall–Kier alpha value is -0.420. The summed E-state index contributed by atoms with van der Waals surface area (Å²) in [5.74, 6) is 2.17. The molecule has 106 valence electrons. The van der Waals surface area contributed by atoms with Gasteiger partial charge in [-0.05, 0) is 23.1 Å². The van der Waals surface area contributed by atoms with E-state index in [1.54, 1.807) is 0 Å². The van der Waals surface area contributed by atoms with Gasteiger partial charge in [0.05, 0.1) is 12.6 Å². The summed E-state index contributed by atoms with van der Waals surface area (Å²) in [6.45, 7) is 5.12. The molecule has 1 aromatic carbocycles. The van der Waals surface area contributed by atoms with Crippen molar-refractivity contribution in [3.05, 3.63) is 46.2 Å². The van der Waals surface area contributed by atoms with Crippen molar-refractivity contribution >= 4 is 23.5 Å². The smallest absolute Gasteiger partial charge is 0.0556 e. The van der Waals surface area contributed by atoms with E-state index in [9.17, 15) is 0 Å². The highest BCUT2D eigenvalue weighted by molar-refractivity contribution is 8.22. The van der Waals surface area contributed by atoms with Gasteiger partial charge in [0.15, 0.2) is 0 Å². The molecule has 0 fully saturated rings. The molecule has 0 aliphatic rings. The maximum absolute atomic E-state index is 9.01. The normalized spacial score (nSPS) is 12.2. The molecule has 0 heterocycles. The van der Waals surface area contributed by atoms with Crippen LogP contribution in [-0.4, -0.2) is 29.8 Å². The first-order valence-electron chi connectivity index (χ1n) is 6.68. The number of thioether (sulfide) groups is 2. The fourth-order valence-electron chi connectivity index (χ4n) is 1.71. The summed E-state index contributed by atoms with van der Waals surface area (Å²) in [6, 6.07) is 10.5. The summed E-state index contributed by atoms with van der Waals surface area (Å²) >= 11 is 3.76. The summed E-state index contributed by atoms with van der Waals surface area (Å²) in [7, 11) is 0. The van der Waals surface area contributed by atoms with Crippen molar-refractivity contribution in [3.8, 4) is 0 Å². The Labute approximate surface area is 125 Å². The van der Waals surface area contributed by atoms with E-state index >= 15 is 0 Å². The van der Waals surface area contributed by atoms with Crippen LogP contribution < -0.4 is 5.32 Å². The lowest BCUT2D eigenvalue weighted by Crippen LogP contribution is -2.23. The van der Waals surface area contributed by atoms with Gasteiger partial charge in [0.2, 0.25) is 0 Å². The van der Waals surface area contributed by atoms with Crippen molar-refractivity contribution < 1.29 is 5.11 Å². The van der Waals surface area contributed by atoms with Crippen molar-refractivity contribution in [3.63, 3.8) is 0 Å². The van der Waals surface area contributed by atoms with E-state index in [4.69, 9.17) is 5.11 Å². The van der Waals surface area contributed by atoms with Crippen LogP contribution in [-0.2, 0) is 0 Å². The van der Waals surface area contributed by atoms with Crippen LogP contribution in [0.2, 0.25) is 0 Å². The maximum Gasteiger partial charge on any atom is 0.0556 e. The Kier molecular flexibility index (Phi) is 9.08. The average Bonchev–Trinajstić information content (AvgIpc) is 2.44. The van der Waals surface area contributed by atoms with E-state index in [1.165, 1.54) is 9.80 Å². The molecule has 0 spiro atoms. The van der Waals surface area contributed by atoms with E-state index in [-0.39, 0.29) is 12.6 Å². The lowest BCUT2D eigenvalue weighted by atomic mass is 10.1. The number of hydrogen-bond acceptors (Lipinski definition) is 4. The molecule has 0 aromatic heterocycles. The fourth-order valence-corrected chi connectivity index (χ4v) is 3.79. The third kappa shape index (κ3) is 6.52. The largest absolute Gasteiger partial charge is 0.395 e. The summed E-state index contributed by atoms with van der Waals surface area (Å²) in [5.41, 5.74) is 1.24. The fraction of sp³-hybridized carbons (Fsp3) is 0.467. The standard InChI is InChI=1S/C15H23NOS2/c1-3-18-15(19-4-2)12-14(16-10-11-17)13-8-6-5-7-9-13/h5-9,12,14,16-17H,3-4,10-11H2,1-2H3. The molecule has 1 unspecified atom stereocenters. The van der Waals surface area contributed by atoms with Gasteiger partial charge >= 0.3 is 0 Å². The molecule has 0 aliphatic carbocycles. The van der Waals surface area contributed by atoms with Gasteiger partial charge in [-0.1, -0.05) is 44.2 Å². The SMILES string of the molecule is CCSC(=CC(NCCO)c1ccccc1)SCC. The Morgan fingerprint density at radius 2 is 1.84 bits per heavy atom. The molecule has 0 saturated heterocycles. The highest BCUT2D eigenvalue weighted by Crippen LogP contribution is 2.31. The summed E-state index contributed by atoms with van der Waals surface area (Å²) in [5, 5.41) is 12.4. The van der Waals surface area contributed by atoms with Crippen LogP contribution in [0.25, 0.3) is 0 Å². The van der Waals surface area contributed by atoms with E-state index in [1.807, 2.05) is 29.6 Å². The molecule has 1 rings (SSSR count). The molecule has 1 aromatic rings. The first kappa shape index (κ1) is 16.6. The lowest BCUT2D eigenvalue weighted by molar-refractivity contribution is 0.288. The summed E-state index contributed by atoms with van der Waals surface area (Å²) < 4.78 is 1.35. The molecule has 0 aliphatic heterocycles. The minimum Gasteiger partial charge on any atom is -0.395 e. The van der Waals surface area contributed by atoms with Crippen molar-refractivity contribution in [1.82, 2.24) is 5.32 Å². The molecule has 0 saturated carbocycles. The molecule has 1 atom stereocenters. The van der Waals surface area contributed by atoms with Crippen molar-refractivity contribution in [2.75, 3.05) is 24.7 Å². The van der Waals surface area contributed by atoms with Gasteiger partial charge in [-0.2, -0.15) is 0 Å². The Morgan fingerprint density at radius 1 is 1.21 bits per heavy atom. The predicted molar refractivity (Wildman–Crippen MR) is 88.6 cm³/mol. The van der Waals surface area contributed by atoms with Crippen molar-refractivity contribution in [2.45, 2.75) is 19.9 Å². The van der Waals surface area contributed by atoms with Crippen LogP contribution in [0.3, 0.4) is 0 Å². The molecule has 4 heteroatoms. The molecule has 2 nitrogen and oxygen atoms in total. The molecule has 0 bridgehead atoms. The second kappa shape index (κ2) is 10.4. The third-order valence-electron chi connectivity index (χ3n) is 2.51. The van der Waals surface area contributed by atoms with Crippen LogP contribution in [0.4, 0.5) is 0 Å². The monoisotopic (exact) mass is 297 g/mol. The molecule has 19 heavy (non-hydrogen) atoms. The highest BCUT2D eigenvalue weighted by Gasteiger charge is 2.09. The van der Waals surface area contributed by atoms with Crippen molar-refractivity contribution in [2.24, 2.45) is 0 Å². The Morgan fingerprint density at radius 3 is 2.37 bits per heavy atom. The number of rotatable bonds is 9. The molecular formula is C15H23NOS2. The van der Waals surface area contributed by atoms with Gasteiger partial charge in [0.25, 0.3) is 0 Å². The lowest BCUT2D eigenvalue weighted by Gasteiger charge is -2.17. The van der Waals surface area contributed by atoms with Gasteiger partial charge in [0.1, 0.15) is 0 Å². The average molecular weight is 297 g/mol. The second-order valence-electron chi connectivity index (χ2n) is 3.92. The van der Waals surface area contributed by atoms with Gasteiger partial charge in [0, 0.05) is 10.8 Å². The quantitative estimate of drug-likeness (QED) is 0.728. The Balaban J connectivity index is 2.85. The number of nitrogens with one attached hydrogen (secondary N) is 1. The number of benzene rings is 1. The first-order valence-corrected chi connectivity index (χ1v) is 8.65. The number of hydrogen-bond donors (Lipinski definition) is 2. The number of aliphatic hydroxyl groups is 1. The third-order valence-corrected chi connectivity index (χ3v) is 4.64. The summed E-state index contributed by atoms with van der Waals surface area (Å²) in [4.78, 5) is 0. The molecule has 0 amide bonds. The zero-order valence-electron chi connectivity index (χ0n) is 11.6. The maximum atomic E-state index is 9.01. The van der Waals surface area contributed by atoms with Crippen LogP contribution >= 0.6 is 23.5 Å². The van der Waals surface area contributed by atoms with Crippen LogP contribution in [0.5, 0.6) is 0 Å². The van der Waals surface area contributed by atoms with Gasteiger partial charge in [-0.25, -0.2) is 0 Å². The van der Waals surface area contributed by atoms with E-state index in [2.05, 4.69) is 49.5 Å². The second-order valence-corrected chi connectivity index (χ2v) is 6.79. The molecular weight excluding hydrogens is 274 g/mol. The first-order chi connectivity index (χ1) is 9.31. The molecule has 0 radical (unpaired) electrons. The summed E-state index contributed by atoms with van der Waals surface area (Å²) in [6.07, 6.45) is 2.27. The highest BCUT2D eigenvalue weighted by atomic mass is 32.2.